The molecule has 0 saturated heterocycles. The minimum absolute atomic E-state index is 0.134. The van der Waals surface area contributed by atoms with Crippen molar-refractivity contribution in [2.75, 3.05) is 0 Å². The molecule has 72 valence electrons. The highest BCUT2D eigenvalue weighted by Gasteiger charge is 2.08. The predicted molar refractivity (Wildman–Crippen MR) is 53.7 cm³/mol. The molecule has 0 unspecified atom stereocenters. The standard InChI is InChI=1S/C9H7NO3S/c11-6-3-1-5(2-4-6)7-8(12)10-9(13)14-7/h1-4,11-12H,(H,10,13). The van der Waals surface area contributed by atoms with Crippen molar-refractivity contribution in [3.8, 4) is 22.1 Å². The van der Waals surface area contributed by atoms with E-state index in [0.29, 0.717) is 10.4 Å². The van der Waals surface area contributed by atoms with Gasteiger partial charge in [-0.1, -0.05) is 11.3 Å². The SMILES string of the molecule is O=c1[nH]c(O)c(-c2ccc(O)cc2)s1. The number of benzene rings is 1. The molecule has 0 aliphatic rings. The molecule has 2 rings (SSSR count). The number of nitrogens with one attached hydrogen (secondary N) is 1. The minimum Gasteiger partial charge on any atom is -0.508 e. The topological polar surface area (TPSA) is 73.3 Å². The largest absolute Gasteiger partial charge is 0.508 e. The Kier molecular flexibility index (Phi) is 2.01. The smallest absolute Gasteiger partial charge is 0.307 e. The second kappa shape index (κ2) is 3.19. The fourth-order valence-corrected chi connectivity index (χ4v) is 1.86. The van der Waals surface area contributed by atoms with Crippen LogP contribution in [-0.4, -0.2) is 15.2 Å². The third-order valence-corrected chi connectivity index (χ3v) is 2.68. The summed E-state index contributed by atoms with van der Waals surface area (Å²) in [7, 11) is 0. The van der Waals surface area contributed by atoms with E-state index in [4.69, 9.17) is 5.11 Å². The molecule has 3 N–H and O–H groups in total. The molecule has 1 aromatic heterocycles. The number of hydrogen-bond donors (Lipinski definition) is 3. The number of aromatic amines is 1. The molecule has 0 saturated carbocycles. The predicted octanol–water partition coefficient (Wildman–Crippen LogP) is 1.51. The van der Waals surface area contributed by atoms with Gasteiger partial charge in [0.15, 0.2) is 0 Å². The highest BCUT2D eigenvalue weighted by Crippen LogP contribution is 2.30. The Balaban J connectivity index is 2.54. The van der Waals surface area contributed by atoms with Crippen molar-refractivity contribution < 1.29 is 10.2 Å². The number of aromatic hydroxyl groups is 2. The summed E-state index contributed by atoms with van der Waals surface area (Å²) < 4.78 is 0. The van der Waals surface area contributed by atoms with E-state index >= 15 is 0 Å². The number of aromatic nitrogens is 1. The molecule has 0 spiro atoms. The van der Waals surface area contributed by atoms with Gasteiger partial charge in [-0.25, -0.2) is 0 Å². The van der Waals surface area contributed by atoms with Gasteiger partial charge in [-0.15, -0.1) is 0 Å². The van der Waals surface area contributed by atoms with E-state index in [1.54, 1.807) is 12.1 Å². The average Bonchev–Trinajstić information content (AvgIpc) is 2.47. The molecular formula is C9H7NO3S. The lowest BCUT2D eigenvalue weighted by Gasteiger charge is -1.97. The molecule has 0 aliphatic carbocycles. The highest BCUT2D eigenvalue weighted by molar-refractivity contribution is 7.13. The lowest BCUT2D eigenvalue weighted by Crippen LogP contribution is -1.89. The Morgan fingerprint density at radius 2 is 1.79 bits per heavy atom. The molecule has 2 aromatic rings. The second-order valence-electron chi connectivity index (χ2n) is 2.74. The van der Waals surface area contributed by atoms with Gasteiger partial charge < -0.3 is 10.2 Å². The fraction of sp³-hybridized carbons (Fsp3) is 0. The van der Waals surface area contributed by atoms with Crippen molar-refractivity contribution in [1.29, 1.82) is 0 Å². The van der Waals surface area contributed by atoms with Gasteiger partial charge in [-0.05, 0) is 29.8 Å². The first kappa shape index (κ1) is 8.83. The van der Waals surface area contributed by atoms with E-state index in [-0.39, 0.29) is 16.5 Å². The van der Waals surface area contributed by atoms with Crippen LogP contribution in [0.4, 0.5) is 0 Å². The molecule has 4 nitrogen and oxygen atoms in total. The average molecular weight is 209 g/mol. The van der Waals surface area contributed by atoms with E-state index in [1.807, 2.05) is 0 Å². The Morgan fingerprint density at radius 3 is 2.29 bits per heavy atom. The lowest BCUT2D eigenvalue weighted by atomic mass is 10.2. The number of phenols is 1. The molecular weight excluding hydrogens is 202 g/mol. The molecule has 1 heterocycles. The van der Waals surface area contributed by atoms with Crippen LogP contribution >= 0.6 is 11.3 Å². The Hall–Kier alpha value is -1.75. The summed E-state index contributed by atoms with van der Waals surface area (Å²) >= 11 is 0.931. The second-order valence-corrected chi connectivity index (χ2v) is 3.72. The summed E-state index contributed by atoms with van der Waals surface area (Å²) in [4.78, 5) is 13.4. The van der Waals surface area contributed by atoms with Crippen LogP contribution < -0.4 is 4.87 Å². The number of H-pyrrole nitrogens is 1. The van der Waals surface area contributed by atoms with Crippen molar-refractivity contribution in [2.24, 2.45) is 0 Å². The Morgan fingerprint density at radius 1 is 1.14 bits per heavy atom. The van der Waals surface area contributed by atoms with E-state index < -0.39 is 0 Å². The zero-order chi connectivity index (χ0) is 10.1. The summed E-state index contributed by atoms with van der Waals surface area (Å²) in [6.07, 6.45) is 0. The molecule has 0 aliphatic heterocycles. The van der Waals surface area contributed by atoms with E-state index in [1.165, 1.54) is 12.1 Å². The van der Waals surface area contributed by atoms with Gasteiger partial charge in [0.1, 0.15) is 5.75 Å². The van der Waals surface area contributed by atoms with Crippen LogP contribution in [0.3, 0.4) is 0 Å². The van der Waals surface area contributed by atoms with Crippen LogP contribution in [0.5, 0.6) is 11.6 Å². The van der Waals surface area contributed by atoms with Crippen molar-refractivity contribution in [3.63, 3.8) is 0 Å². The van der Waals surface area contributed by atoms with E-state index in [9.17, 15) is 9.90 Å². The van der Waals surface area contributed by atoms with Gasteiger partial charge in [0.25, 0.3) is 0 Å². The van der Waals surface area contributed by atoms with Gasteiger partial charge >= 0.3 is 4.87 Å². The molecule has 14 heavy (non-hydrogen) atoms. The first-order valence-electron chi connectivity index (χ1n) is 3.88. The highest BCUT2D eigenvalue weighted by atomic mass is 32.1. The summed E-state index contributed by atoms with van der Waals surface area (Å²) in [5.41, 5.74) is 0.698. The van der Waals surface area contributed by atoms with E-state index in [0.717, 1.165) is 11.3 Å². The van der Waals surface area contributed by atoms with Crippen LogP contribution in [0.2, 0.25) is 0 Å². The van der Waals surface area contributed by atoms with Crippen LogP contribution in [0.1, 0.15) is 0 Å². The first-order valence-corrected chi connectivity index (χ1v) is 4.70. The van der Waals surface area contributed by atoms with Crippen LogP contribution in [0, 0.1) is 0 Å². The summed E-state index contributed by atoms with van der Waals surface area (Å²) in [6.45, 7) is 0. The summed E-state index contributed by atoms with van der Waals surface area (Å²) in [5, 5.41) is 18.4. The third kappa shape index (κ3) is 1.49. The van der Waals surface area contributed by atoms with Gasteiger partial charge in [0, 0.05) is 0 Å². The summed E-state index contributed by atoms with van der Waals surface area (Å²) in [6, 6.07) is 6.26. The van der Waals surface area contributed by atoms with Crippen molar-refractivity contribution in [2.45, 2.75) is 0 Å². The maximum Gasteiger partial charge on any atom is 0.307 e. The van der Waals surface area contributed by atoms with Crippen molar-refractivity contribution in [1.82, 2.24) is 4.98 Å². The fourth-order valence-electron chi connectivity index (χ4n) is 1.13. The minimum atomic E-state index is -0.300. The lowest BCUT2D eigenvalue weighted by molar-refractivity contribution is 0.458. The van der Waals surface area contributed by atoms with Crippen LogP contribution in [0.15, 0.2) is 29.1 Å². The first-order chi connectivity index (χ1) is 6.66. The number of rotatable bonds is 1. The Bertz CT molecular complexity index is 498. The van der Waals surface area contributed by atoms with Gasteiger partial charge in [-0.3, -0.25) is 9.78 Å². The molecule has 5 heteroatoms. The maximum atomic E-state index is 10.9. The molecule has 1 aromatic carbocycles. The number of hydrogen-bond acceptors (Lipinski definition) is 4. The molecule has 0 amide bonds. The third-order valence-electron chi connectivity index (χ3n) is 1.76. The molecule has 0 radical (unpaired) electrons. The zero-order valence-electron chi connectivity index (χ0n) is 7.02. The number of phenolic OH excluding ortho intramolecular Hbond substituents is 1. The normalized spacial score (nSPS) is 10.3. The van der Waals surface area contributed by atoms with Gasteiger partial charge in [-0.2, -0.15) is 0 Å². The quantitative estimate of drug-likeness (QED) is 0.666. The van der Waals surface area contributed by atoms with Gasteiger partial charge in [0.2, 0.25) is 5.88 Å². The maximum absolute atomic E-state index is 10.9. The number of thiazole rings is 1. The van der Waals surface area contributed by atoms with E-state index in [2.05, 4.69) is 4.98 Å². The van der Waals surface area contributed by atoms with Crippen molar-refractivity contribution in [3.05, 3.63) is 33.9 Å². The monoisotopic (exact) mass is 209 g/mol. The molecule has 0 atom stereocenters. The van der Waals surface area contributed by atoms with Crippen LogP contribution in [-0.2, 0) is 0 Å². The van der Waals surface area contributed by atoms with Crippen molar-refractivity contribution >= 4 is 11.3 Å². The molecule has 0 fully saturated rings. The molecule has 0 bridgehead atoms. The Labute approximate surface area is 83.1 Å². The van der Waals surface area contributed by atoms with Crippen LogP contribution in [0.25, 0.3) is 10.4 Å². The van der Waals surface area contributed by atoms with Gasteiger partial charge in [0.05, 0.1) is 4.88 Å². The zero-order valence-corrected chi connectivity index (χ0v) is 7.84. The summed E-state index contributed by atoms with van der Waals surface area (Å²) in [5.74, 6) is 0.0156.